The fraction of sp³-hybridized carbons (Fsp3) is 0.571. The standard InChI is InChI=1S/C14H19F/c1-13(2,3)14(9-4-10-14)11-5-7-12(15)8-6-11/h5-8H,4,9-10H2,1-3H3. The Morgan fingerprint density at radius 1 is 1.07 bits per heavy atom. The molecule has 0 aliphatic heterocycles. The highest BCUT2D eigenvalue weighted by Crippen LogP contribution is 2.55. The van der Waals surface area contributed by atoms with Gasteiger partial charge in [0.2, 0.25) is 0 Å². The van der Waals surface area contributed by atoms with Gasteiger partial charge in [-0.2, -0.15) is 0 Å². The average Bonchev–Trinajstić information content (AvgIpc) is 2.03. The van der Waals surface area contributed by atoms with Crippen molar-refractivity contribution in [1.82, 2.24) is 0 Å². The molecule has 1 heteroatoms. The van der Waals surface area contributed by atoms with Crippen LogP contribution in [0.2, 0.25) is 0 Å². The highest BCUT2D eigenvalue weighted by atomic mass is 19.1. The first-order valence-electron chi connectivity index (χ1n) is 5.72. The van der Waals surface area contributed by atoms with Crippen LogP contribution in [0.15, 0.2) is 24.3 Å². The van der Waals surface area contributed by atoms with E-state index in [4.69, 9.17) is 0 Å². The molecule has 0 aromatic heterocycles. The zero-order chi connectivity index (χ0) is 11.1. The van der Waals surface area contributed by atoms with E-state index < -0.39 is 0 Å². The second kappa shape index (κ2) is 3.33. The van der Waals surface area contributed by atoms with E-state index in [-0.39, 0.29) is 16.6 Å². The number of hydrogen-bond acceptors (Lipinski definition) is 0. The predicted octanol–water partition coefficient (Wildman–Crippen LogP) is 4.29. The smallest absolute Gasteiger partial charge is 0.123 e. The van der Waals surface area contributed by atoms with Crippen molar-refractivity contribution in [2.75, 3.05) is 0 Å². The lowest BCUT2D eigenvalue weighted by molar-refractivity contribution is 0.0851. The summed E-state index contributed by atoms with van der Waals surface area (Å²) >= 11 is 0. The van der Waals surface area contributed by atoms with Gasteiger partial charge in [0.05, 0.1) is 0 Å². The molecule has 0 spiro atoms. The van der Waals surface area contributed by atoms with Crippen molar-refractivity contribution in [2.24, 2.45) is 5.41 Å². The molecule has 1 aliphatic carbocycles. The van der Waals surface area contributed by atoms with Crippen LogP contribution in [0.25, 0.3) is 0 Å². The largest absolute Gasteiger partial charge is 0.207 e. The molecule has 82 valence electrons. The molecule has 0 bridgehead atoms. The SMILES string of the molecule is CC(C)(C)C1(c2ccc(F)cc2)CCC1. The summed E-state index contributed by atoms with van der Waals surface area (Å²) in [5.74, 6) is -0.137. The van der Waals surface area contributed by atoms with Gasteiger partial charge in [-0.3, -0.25) is 0 Å². The Bertz CT molecular complexity index is 339. The number of hydrogen-bond donors (Lipinski definition) is 0. The molecule has 0 nitrogen and oxygen atoms in total. The van der Waals surface area contributed by atoms with Crippen LogP contribution in [0.5, 0.6) is 0 Å². The summed E-state index contributed by atoms with van der Waals surface area (Å²) in [6.07, 6.45) is 3.78. The average molecular weight is 206 g/mol. The summed E-state index contributed by atoms with van der Waals surface area (Å²) < 4.78 is 12.9. The molecule has 1 fully saturated rings. The van der Waals surface area contributed by atoms with Crippen LogP contribution < -0.4 is 0 Å². The molecule has 0 N–H and O–H groups in total. The molecule has 1 aromatic carbocycles. The Balaban J connectivity index is 2.39. The second-order valence-corrected chi connectivity index (χ2v) is 5.69. The molecular formula is C14H19F. The third kappa shape index (κ3) is 1.58. The third-order valence-corrected chi connectivity index (χ3v) is 4.04. The number of rotatable bonds is 1. The van der Waals surface area contributed by atoms with E-state index in [0.717, 1.165) is 0 Å². The molecule has 15 heavy (non-hydrogen) atoms. The summed E-state index contributed by atoms with van der Waals surface area (Å²) in [6.45, 7) is 6.86. The second-order valence-electron chi connectivity index (χ2n) is 5.69. The van der Waals surface area contributed by atoms with Crippen molar-refractivity contribution in [3.8, 4) is 0 Å². The lowest BCUT2D eigenvalue weighted by Crippen LogP contribution is -2.45. The maximum absolute atomic E-state index is 12.9. The van der Waals surface area contributed by atoms with E-state index in [2.05, 4.69) is 20.8 Å². The topological polar surface area (TPSA) is 0 Å². The van der Waals surface area contributed by atoms with E-state index in [1.54, 1.807) is 12.1 Å². The Hall–Kier alpha value is -0.850. The molecule has 0 saturated heterocycles. The molecule has 0 atom stereocenters. The Labute approximate surface area is 91.5 Å². The first-order chi connectivity index (χ1) is 6.96. The summed E-state index contributed by atoms with van der Waals surface area (Å²) in [4.78, 5) is 0. The summed E-state index contributed by atoms with van der Waals surface area (Å²) in [5.41, 5.74) is 1.85. The fourth-order valence-electron chi connectivity index (χ4n) is 2.77. The molecular weight excluding hydrogens is 187 g/mol. The molecule has 0 heterocycles. The Kier molecular flexibility index (Phi) is 2.37. The summed E-state index contributed by atoms with van der Waals surface area (Å²) in [6, 6.07) is 7.09. The number of benzene rings is 1. The van der Waals surface area contributed by atoms with Crippen LogP contribution >= 0.6 is 0 Å². The monoisotopic (exact) mass is 206 g/mol. The van der Waals surface area contributed by atoms with Gasteiger partial charge in [0, 0.05) is 5.41 Å². The van der Waals surface area contributed by atoms with Gasteiger partial charge in [0.15, 0.2) is 0 Å². The Morgan fingerprint density at radius 3 is 1.93 bits per heavy atom. The first-order valence-corrected chi connectivity index (χ1v) is 5.72. The molecule has 0 radical (unpaired) electrons. The van der Waals surface area contributed by atoms with Crippen molar-refractivity contribution in [1.29, 1.82) is 0 Å². The quantitative estimate of drug-likeness (QED) is 0.643. The molecule has 1 aromatic rings. The van der Waals surface area contributed by atoms with Crippen molar-refractivity contribution < 1.29 is 4.39 Å². The van der Waals surface area contributed by atoms with Gasteiger partial charge in [0.25, 0.3) is 0 Å². The maximum atomic E-state index is 12.9. The minimum absolute atomic E-state index is 0.137. The van der Waals surface area contributed by atoms with Gasteiger partial charge >= 0.3 is 0 Å². The van der Waals surface area contributed by atoms with Crippen LogP contribution in [0, 0.1) is 11.2 Å². The Morgan fingerprint density at radius 2 is 1.60 bits per heavy atom. The van der Waals surface area contributed by atoms with Crippen LogP contribution in [-0.2, 0) is 5.41 Å². The molecule has 1 aliphatic rings. The predicted molar refractivity (Wildman–Crippen MR) is 61.4 cm³/mol. The van der Waals surface area contributed by atoms with Gasteiger partial charge in [-0.25, -0.2) is 4.39 Å². The van der Waals surface area contributed by atoms with Gasteiger partial charge in [-0.15, -0.1) is 0 Å². The van der Waals surface area contributed by atoms with E-state index in [0.29, 0.717) is 0 Å². The van der Waals surface area contributed by atoms with E-state index in [1.165, 1.54) is 24.8 Å². The van der Waals surface area contributed by atoms with Crippen LogP contribution in [0.1, 0.15) is 45.6 Å². The van der Waals surface area contributed by atoms with Crippen molar-refractivity contribution >= 4 is 0 Å². The lowest BCUT2D eigenvalue weighted by Gasteiger charge is -2.52. The van der Waals surface area contributed by atoms with Crippen LogP contribution in [-0.4, -0.2) is 0 Å². The van der Waals surface area contributed by atoms with Crippen LogP contribution in [0.3, 0.4) is 0 Å². The third-order valence-electron chi connectivity index (χ3n) is 4.04. The van der Waals surface area contributed by atoms with E-state index in [1.807, 2.05) is 12.1 Å². The number of halogens is 1. The molecule has 2 rings (SSSR count). The first kappa shape index (κ1) is 10.7. The highest BCUT2D eigenvalue weighted by molar-refractivity contribution is 5.31. The van der Waals surface area contributed by atoms with Gasteiger partial charge in [-0.1, -0.05) is 39.3 Å². The molecule has 1 saturated carbocycles. The fourth-order valence-corrected chi connectivity index (χ4v) is 2.77. The maximum Gasteiger partial charge on any atom is 0.123 e. The van der Waals surface area contributed by atoms with Gasteiger partial charge in [0.1, 0.15) is 5.82 Å². The summed E-state index contributed by atoms with van der Waals surface area (Å²) in [7, 11) is 0. The minimum atomic E-state index is -0.137. The lowest BCUT2D eigenvalue weighted by atomic mass is 9.52. The highest BCUT2D eigenvalue weighted by Gasteiger charge is 2.47. The van der Waals surface area contributed by atoms with Gasteiger partial charge < -0.3 is 0 Å². The van der Waals surface area contributed by atoms with Crippen molar-refractivity contribution in [2.45, 2.75) is 45.4 Å². The normalized spacial score (nSPS) is 19.7. The van der Waals surface area contributed by atoms with Gasteiger partial charge in [-0.05, 0) is 36.0 Å². The van der Waals surface area contributed by atoms with Crippen molar-refractivity contribution in [3.05, 3.63) is 35.6 Å². The molecule has 0 amide bonds. The molecule has 0 unspecified atom stereocenters. The zero-order valence-corrected chi connectivity index (χ0v) is 9.81. The van der Waals surface area contributed by atoms with E-state index in [9.17, 15) is 4.39 Å². The van der Waals surface area contributed by atoms with E-state index >= 15 is 0 Å². The zero-order valence-electron chi connectivity index (χ0n) is 9.81. The van der Waals surface area contributed by atoms with Crippen LogP contribution in [0.4, 0.5) is 4.39 Å². The minimum Gasteiger partial charge on any atom is -0.207 e. The van der Waals surface area contributed by atoms with Crippen molar-refractivity contribution in [3.63, 3.8) is 0 Å². The summed E-state index contributed by atoms with van der Waals surface area (Å²) in [5, 5.41) is 0.